The molecule has 0 amide bonds. The number of aromatic nitrogens is 3. The molecule has 0 bridgehead atoms. The topological polar surface area (TPSA) is 64.3 Å². The number of pyridine rings is 1. The van der Waals surface area contributed by atoms with Crippen LogP contribution >= 0.6 is 0 Å². The number of rotatable bonds is 4. The molecule has 7 heteroatoms. The van der Waals surface area contributed by atoms with Gasteiger partial charge in [0, 0.05) is 19.2 Å². The highest BCUT2D eigenvalue weighted by Crippen LogP contribution is 2.22. The third kappa shape index (κ3) is 3.11. The summed E-state index contributed by atoms with van der Waals surface area (Å²) in [6.07, 6.45) is 3.17. The van der Waals surface area contributed by atoms with Crippen molar-refractivity contribution in [2.75, 3.05) is 18.2 Å². The highest BCUT2D eigenvalue weighted by molar-refractivity contribution is 5.54. The molecule has 1 aliphatic rings. The van der Waals surface area contributed by atoms with E-state index in [4.69, 9.17) is 9.36 Å². The van der Waals surface area contributed by atoms with Crippen molar-refractivity contribution < 1.29 is 13.8 Å². The van der Waals surface area contributed by atoms with Crippen molar-refractivity contribution in [2.45, 2.75) is 12.8 Å². The van der Waals surface area contributed by atoms with Crippen molar-refractivity contribution in [3.8, 4) is 11.5 Å². The first-order valence-corrected chi connectivity index (χ1v) is 7.72. The predicted molar refractivity (Wildman–Crippen MR) is 84.7 cm³/mol. The van der Waals surface area contributed by atoms with Gasteiger partial charge in [0.2, 0.25) is 0 Å². The molecule has 0 atom stereocenters. The second-order valence-corrected chi connectivity index (χ2v) is 5.51. The monoisotopic (exact) mass is 326 g/mol. The van der Waals surface area contributed by atoms with Crippen molar-refractivity contribution in [1.29, 1.82) is 0 Å². The Kier molecular flexibility index (Phi) is 3.92. The molecule has 0 N–H and O–H groups in total. The van der Waals surface area contributed by atoms with E-state index in [1.54, 1.807) is 23.4 Å². The molecule has 3 heterocycles. The van der Waals surface area contributed by atoms with Gasteiger partial charge < -0.3 is 4.52 Å². The summed E-state index contributed by atoms with van der Waals surface area (Å²) in [7, 11) is 0. The second-order valence-electron chi connectivity index (χ2n) is 5.51. The summed E-state index contributed by atoms with van der Waals surface area (Å²) >= 11 is 0. The molecule has 1 saturated heterocycles. The molecule has 24 heavy (non-hydrogen) atoms. The fourth-order valence-corrected chi connectivity index (χ4v) is 2.52. The Morgan fingerprint density at radius 1 is 1.12 bits per heavy atom. The van der Waals surface area contributed by atoms with E-state index in [0.29, 0.717) is 18.1 Å². The van der Waals surface area contributed by atoms with E-state index in [2.05, 4.69) is 15.1 Å². The lowest BCUT2D eigenvalue weighted by Crippen LogP contribution is -2.17. The van der Waals surface area contributed by atoms with E-state index in [1.165, 1.54) is 12.1 Å². The Labute approximate surface area is 137 Å². The molecule has 0 saturated carbocycles. The molecular weight excluding hydrogens is 311 g/mol. The van der Waals surface area contributed by atoms with Gasteiger partial charge in [0.15, 0.2) is 11.6 Å². The van der Waals surface area contributed by atoms with Crippen molar-refractivity contribution in [1.82, 2.24) is 15.1 Å². The predicted octanol–water partition coefficient (Wildman–Crippen LogP) is 3.00. The van der Waals surface area contributed by atoms with Crippen molar-refractivity contribution in [3.05, 3.63) is 59.8 Å². The maximum atomic E-state index is 12.9. The van der Waals surface area contributed by atoms with Gasteiger partial charge in [0.05, 0.1) is 12.2 Å². The maximum absolute atomic E-state index is 12.9. The third-order valence-corrected chi connectivity index (χ3v) is 3.75. The summed E-state index contributed by atoms with van der Waals surface area (Å²) in [6, 6.07) is 9.98. The highest BCUT2D eigenvalue weighted by atomic mass is 19.1. The van der Waals surface area contributed by atoms with Gasteiger partial charge in [-0.05, 0) is 36.2 Å². The molecule has 1 aliphatic heterocycles. The van der Waals surface area contributed by atoms with Gasteiger partial charge in [0.1, 0.15) is 5.82 Å². The molecule has 1 aromatic carbocycles. The fourth-order valence-electron chi connectivity index (χ4n) is 2.52. The Morgan fingerprint density at radius 3 is 2.71 bits per heavy atom. The van der Waals surface area contributed by atoms with Crippen LogP contribution in [0.1, 0.15) is 17.8 Å². The SMILES string of the molecule is Fc1ccc(Cc2noc(-c3ccc(N4CCCO4)nc3)n2)cc1. The maximum Gasteiger partial charge on any atom is 0.259 e. The number of hydroxylamine groups is 1. The summed E-state index contributed by atoms with van der Waals surface area (Å²) in [4.78, 5) is 14.2. The number of benzene rings is 1. The van der Waals surface area contributed by atoms with Crippen LogP contribution in [0.5, 0.6) is 0 Å². The van der Waals surface area contributed by atoms with E-state index in [9.17, 15) is 4.39 Å². The van der Waals surface area contributed by atoms with Gasteiger partial charge >= 0.3 is 0 Å². The largest absolute Gasteiger partial charge is 0.334 e. The van der Waals surface area contributed by atoms with E-state index in [0.717, 1.165) is 36.5 Å². The van der Waals surface area contributed by atoms with Crippen molar-refractivity contribution in [3.63, 3.8) is 0 Å². The first kappa shape index (κ1) is 14.8. The zero-order valence-electron chi connectivity index (χ0n) is 12.9. The number of anilines is 1. The van der Waals surface area contributed by atoms with Crippen LogP contribution in [0.15, 0.2) is 47.1 Å². The second kappa shape index (κ2) is 6.37. The minimum Gasteiger partial charge on any atom is -0.334 e. The minimum absolute atomic E-state index is 0.263. The zero-order valence-corrected chi connectivity index (χ0v) is 12.9. The minimum atomic E-state index is -0.263. The lowest BCUT2D eigenvalue weighted by atomic mass is 10.1. The lowest BCUT2D eigenvalue weighted by Gasteiger charge is -2.14. The van der Waals surface area contributed by atoms with E-state index in [-0.39, 0.29) is 5.82 Å². The molecule has 0 unspecified atom stereocenters. The Morgan fingerprint density at radius 2 is 2.00 bits per heavy atom. The van der Waals surface area contributed by atoms with Gasteiger partial charge in [0.25, 0.3) is 5.89 Å². The van der Waals surface area contributed by atoms with Crippen molar-refractivity contribution in [2.24, 2.45) is 0 Å². The van der Waals surface area contributed by atoms with Crippen LogP contribution in [-0.2, 0) is 11.3 Å². The summed E-state index contributed by atoms with van der Waals surface area (Å²) in [6.45, 7) is 1.56. The number of halogens is 1. The van der Waals surface area contributed by atoms with Gasteiger partial charge in [-0.2, -0.15) is 4.98 Å². The van der Waals surface area contributed by atoms with Crippen LogP contribution in [0, 0.1) is 5.82 Å². The molecule has 0 aliphatic carbocycles. The Hall–Kier alpha value is -2.80. The number of hydrogen-bond acceptors (Lipinski definition) is 6. The molecule has 3 aromatic rings. The number of nitrogens with zero attached hydrogens (tertiary/aromatic N) is 4. The summed E-state index contributed by atoms with van der Waals surface area (Å²) < 4.78 is 18.2. The molecule has 1 fully saturated rings. The molecule has 0 radical (unpaired) electrons. The van der Waals surface area contributed by atoms with E-state index in [1.807, 2.05) is 12.1 Å². The quantitative estimate of drug-likeness (QED) is 0.734. The molecule has 6 nitrogen and oxygen atoms in total. The van der Waals surface area contributed by atoms with Crippen LogP contribution in [0.2, 0.25) is 0 Å². The summed E-state index contributed by atoms with van der Waals surface area (Å²) in [5, 5.41) is 5.74. The summed E-state index contributed by atoms with van der Waals surface area (Å²) in [5.74, 6) is 1.46. The fraction of sp³-hybridized carbons (Fsp3) is 0.235. The highest BCUT2D eigenvalue weighted by Gasteiger charge is 2.16. The van der Waals surface area contributed by atoms with Crippen LogP contribution in [0.3, 0.4) is 0 Å². The Bertz CT molecular complexity index is 811. The first-order chi connectivity index (χ1) is 11.8. The molecule has 0 spiro atoms. The smallest absolute Gasteiger partial charge is 0.259 e. The standard InChI is InChI=1S/C17H15FN4O2/c18-14-5-2-12(3-6-14)10-15-20-17(24-21-15)13-4-7-16(19-11-13)22-8-1-9-23-22/h2-7,11H,1,8-10H2. The zero-order chi connectivity index (χ0) is 16.4. The average molecular weight is 326 g/mol. The number of hydrogen-bond donors (Lipinski definition) is 0. The van der Waals surface area contributed by atoms with Gasteiger partial charge in [-0.15, -0.1) is 0 Å². The van der Waals surface area contributed by atoms with Gasteiger partial charge in [-0.25, -0.2) is 14.4 Å². The van der Waals surface area contributed by atoms with Gasteiger partial charge in [-0.1, -0.05) is 17.3 Å². The molecule has 4 rings (SSSR count). The van der Waals surface area contributed by atoms with Crippen LogP contribution in [0.25, 0.3) is 11.5 Å². The van der Waals surface area contributed by atoms with Gasteiger partial charge in [-0.3, -0.25) is 4.84 Å². The van der Waals surface area contributed by atoms with Crippen molar-refractivity contribution >= 4 is 5.82 Å². The lowest BCUT2D eigenvalue weighted by molar-refractivity contribution is 0.166. The van der Waals surface area contributed by atoms with Crippen LogP contribution < -0.4 is 5.06 Å². The first-order valence-electron chi connectivity index (χ1n) is 7.72. The average Bonchev–Trinajstić information content (AvgIpc) is 3.29. The molecular formula is C17H15FN4O2. The Balaban J connectivity index is 1.48. The normalized spacial score (nSPS) is 14.3. The van der Waals surface area contributed by atoms with Crippen LogP contribution in [0.4, 0.5) is 10.2 Å². The van der Waals surface area contributed by atoms with Crippen LogP contribution in [-0.4, -0.2) is 28.3 Å². The summed E-state index contributed by atoms with van der Waals surface area (Å²) in [5.41, 5.74) is 1.67. The third-order valence-electron chi connectivity index (χ3n) is 3.75. The van der Waals surface area contributed by atoms with E-state index < -0.39 is 0 Å². The van der Waals surface area contributed by atoms with E-state index >= 15 is 0 Å². The molecule has 122 valence electrons. The molecule has 2 aromatic heterocycles.